The molecule has 106 valence electrons. The van der Waals surface area contributed by atoms with Crippen LogP contribution in [-0.4, -0.2) is 40.9 Å². The number of rotatable bonds is 4. The quantitative estimate of drug-likeness (QED) is 0.855. The summed E-state index contributed by atoms with van der Waals surface area (Å²) in [6.45, 7) is 2.02. The maximum atomic E-state index is 14.4. The highest BCUT2D eigenvalue weighted by Crippen LogP contribution is 2.38. The van der Waals surface area contributed by atoms with E-state index in [0.717, 1.165) is 50.9 Å². The zero-order valence-electron chi connectivity index (χ0n) is 11.1. The molecule has 1 atom stereocenters. The zero-order chi connectivity index (χ0) is 13.4. The highest BCUT2D eigenvalue weighted by molar-refractivity contribution is 7.98. The van der Waals surface area contributed by atoms with Crippen molar-refractivity contribution in [3.05, 3.63) is 12.1 Å². The molecule has 5 nitrogen and oxygen atoms in total. The first-order valence-corrected chi connectivity index (χ1v) is 7.62. The second-order valence-electron chi connectivity index (χ2n) is 5.49. The molecule has 3 rings (SSSR count). The van der Waals surface area contributed by atoms with Crippen molar-refractivity contribution in [2.75, 3.05) is 24.4 Å². The summed E-state index contributed by atoms with van der Waals surface area (Å²) in [6.07, 6.45) is 5.83. The Morgan fingerprint density at radius 1 is 1.47 bits per heavy atom. The second kappa shape index (κ2) is 5.30. The predicted octanol–water partition coefficient (Wildman–Crippen LogP) is 1.78. The Morgan fingerprint density at radius 2 is 2.26 bits per heavy atom. The summed E-state index contributed by atoms with van der Waals surface area (Å²) >= 11 is 1.10. The summed E-state index contributed by atoms with van der Waals surface area (Å²) in [5, 5.41) is 9.95. The molecular formula is C12H20FN5S. The highest BCUT2D eigenvalue weighted by Gasteiger charge is 2.32. The van der Waals surface area contributed by atoms with Gasteiger partial charge in [0.15, 0.2) is 0 Å². The van der Waals surface area contributed by atoms with Gasteiger partial charge >= 0.3 is 0 Å². The second-order valence-corrected chi connectivity index (χ2v) is 6.09. The van der Waals surface area contributed by atoms with E-state index < -0.39 is 0 Å². The van der Waals surface area contributed by atoms with E-state index in [1.165, 1.54) is 4.68 Å². The Morgan fingerprint density at radius 3 is 2.89 bits per heavy atom. The van der Waals surface area contributed by atoms with Gasteiger partial charge in [0.05, 0.1) is 18.3 Å². The fourth-order valence-electron chi connectivity index (χ4n) is 2.73. The monoisotopic (exact) mass is 285 g/mol. The fraction of sp³-hybridized carbons (Fsp3) is 0.750. The Hall–Kier alpha value is -0.790. The molecule has 0 aromatic carbocycles. The molecule has 2 fully saturated rings. The minimum Gasteiger partial charge on any atom is -0.304 e. The van der Waals surface area contributed by atoms with Gasteiger partial charge in [0, 0.05) is 18.7 Å². The van der Waals surface area contributed by atoms with Gasteiger partial charge < -0.3 is 4.90 Å². The van der Waals surface area contributed by atoms with Crippen molar-refractivity contribution in [2.45, 2.75) is 37.8 Å². The zero-order valence-corrected chi connectivity index (χ0v) is 11.9. The summed E-state index contributed by atoms with van der Waals surface area (Å²) in [4.78, 5) is 2.26. The van der Waals surface area contributed by atoms with Gasteiger partial charge in [-0.25, -0.2) is 4.68 Å². The van der Waals surface area contributed by atoms with Crippen molar-refractivity contribution in [2.24, 2.45) is 5.14 Å². The van der Waals surface area contributed by atoms with Gasteiger partial charge in [-0.05, 0) is 39.3 Å². The van der Waals surface area contributed by atoms with Crippen molar-refractivity contribution < 1.29 is 4.39 Å². The average Bonchev–Trinajstić information content (AvgIpc) is 3.17. The highest BCUT2D eigenvalue weighted by atomic mass is 32.2. The standard InChI is InChI=1S/C12H20FN5S/c1-16-6-2-3-10(8-16)18(19-14)11-7-15-17(12(11)13)9-4-5-9/h7,9-10H,2-6,8,14H2,1H3. The lowest BCUT2D eigenvalue weighted by atomic mass is 10.1. The molecule has 2 aliphatic rings. The lowest BCUT2D eigenvalue weighted by molar-refractivity contribution is 0.254. The van der Waals surface area contributed by atoms with Crippen molar-refractivity contribution in [3.8, 4) is 0 Å². The van der Waals surface area contributed by atoms with Crippen LogP contribution in [0.1, 0.15) is 31.7 Å². The predicted molar refractivity (Wildman–Crippen MR) is 75.2 cm³/mol. The first-order valence-electron chi connectivity index (χ1n) is 6.78. The van der Waals surface area contributed by atoms with E-state index >= 15 is 0 Å². The van der Waals surface area contributed by atoms with E-state index in [2.05, 4.69) is 17.0 Å². The van der Waals surface area contributed by atoms with Crippen LogP contribution in [0.4, 0.5) is 10.1 Å². The number of halogens is 1. The Labute approximate surface area is 117 Å². The van der Waals surface area contributed by atoms with Gasteiger partial charge in [0.25, 0.3) is 0 Å². The third-order valence-corrected chi connectivity index (χ3v) is 4.61. The molecule has 0 spiro atoms. The molecule has 7 heteroatoms. The third-order valence-electron chi connectivity index (χ3n) is 3.89. The molecule has 1 aliphatic carbocycles. The van der Waals surface area contributed by atoms with Crippen molar-refractivity contribution in [1.82, 2.24) is 14.7 Å². The molecule has 1 aliphatic heterocycles. The molecule has 0 amide bonds. The van der Waals surface area contributed by atoms with Crippen LogP contribution in [0.3, 0.4) is 0 Å². The number of piperidine rings is 1. The Bertz CT molecular complexity index is 447. The molecule has 2 N–H and O–H groups in total. The lowest BCUT2D eigenvalue weighted by Crippen LogP contribution is -2.44. The van der Waals surface area contributed by atoms with Gasteiger partial charge in [-0.15, -0.1) is 0 Å². The minimum atomic E-state index is -0.242. The van der Waals surface area contributed by atoms with Gasteiger partial charge in [0.2, 0.25) is 5.95 Å². The fourth-order valence-corrected chi connectivity index (χ4v) is 3.31. The molecule has 1 aromatic heterocycles. The number of nitrogens with zero attached hydrogens (tertiary/aromatic N) is 4. The van der Waals surface area contributed by atoms with Gasteiger partial charge in [-0.2, -0.15) is 9.49 Å². The van der Waals surface area contributed by atoms with Crippen LogP contribution in [0, 0.1) is 5.95 Å². The van der Waals surface area contributed by atoms with Crippen LogP contribution in [-0.2, 0) is 0 Å². The lowest BCUT2D eigenvalue weighted by Gasteiger charge is -2.36. The van der Waals surface area contributed by atoms with Crippen molar-refractivity contribution >= 4 is 17.8 Å². The number of hydrogen-bond donors (Lipinski definition) is 1. The molecule has 1 saturated carbocycles. The smallest absolute Gasteiger partial charge is 0.236 e. The SMILES string of the molecule is CN1CCCC(N(SN)c2cnn(C3CC3)c2F)C1. The summed E-state index contributed by atoms with van der Waals surface area (Å²) in [5.41, 5.74) is 0.528. The Kier molecular flexibility index (Phi) is 3.68. The molecule has 1 unspecified atom stereocenters. The summed E-state index contributed by atoms with van der Waals surface area (Å²) in [7, 11) is 2.09. The summed E-state index contributed by atoms with van der Waals surface area (Å²) in [5.74, 6) is -0.242. The minimum absolute atomic E-state index is 0.242. The van der Waals surface area contributed by atoms with Crippen LogP contribution >= 0.6 is 12.1 Å². The van der Waals surface area contributed by atoms with E-state index in [1.807, 2.05) is 4.31 Å². The summed E-state index contributed by atoms with van der Waals surface area (Å²) < 4.78 is 17.8. The first-order chi connectivity index (χ1) is 9.20. The molecule has 0 radical (unpaired) electrons. The largest absolute Gasteiger partial charge is 0.304 e. The maximum absolute atomic E-state index is 14.4. The molecule has 2 heterocycles. The maximum Gasteiger partial charge on any atom is 0.236 e. The van der Waals surface area contributed by atoms with Gasteiger partial charge in [0.1, 0.15) is 5.69 Å². The normalized spacial score (nSPS) is 24.7. The van der Waals surface area contributed by atoms with Crippen molar-refractivity contribution in [3.63, 3.8) is 0 Å². The van der Waals surface area contributed by atoms with E-state index in [4.69, 9.17) is 5.14 Å². The molecule has 1 saturated heterocycles. The number of likely N-dealkylation sites (N-methyl/N-ethyl adjacent to an activating group) is 1. The number of nitrogens with two attached hydrogens (primary N) is 1. The van der Waals surface area contributed by atoms with Gasteiger partial charge in [-0.3, -0.25) is 9.44 Å². The molecule has 1 aromatic rings. The van der Waals surface area contributed by atoms with E-state index in [0.29, 0.717) is 5.69 Å². The van der Waals surface area contributed by atoms with Crippen LogP contribution in [0.2, 0.25) is 0 Å². The van der Waals surface area contributed by atoms with Crippen LogP contribution in [0.15, 0.2) is 6.20 Å². The third kappa shape index (κ3) is 2.59. The Balaban J connectivity index is 1.81. The van der Waals surface area contributed by atoms with Crippen LogP contribution in [0.25, 0.3) is 0 Å². The van der Waals surface area contributed by atoms with E-state index in [1.54, 1.807) is 6.20 Å². The van der Waals surface area contributed by atoms with E-state index in [-0.39, 0.29) is 18.0 Å². The topological polar surface area (TPSA) is 50.3 Å². The number of hydrogen-bond acceptors (Lipinski definition) is 5. The molecule has 19 heavy (non-hydrogen) atoms. The average molecular weight is 285 g/mol. The van der Waals surface area contributed by atoms with E-state index in [9.17, 15) is 4.39 Å². The van der Waals surface area contributed by atoms with Crippen LogP contribution in [0.5, 0.6) is 0 Å². The number of likely N-dealkylation sites (tertiary alicyclic amines) is 1. The van der Waals surface area contributed by atoms with Gasteiger partial charge in [-0.1, -0.05) is 0 Å². The van der Waals surface area contributed by atoms with Crippen LogP contribution < -0.4 is 9.44 Å². The first kappa shape index (κ1) is 13.2. The summed E-state index contributed by atoms with van der Waals surface area (Å²) in [6, 6.07) is 0.507. The molecular weight excluding hydrogens is 265 g/mol. The van der Waals surface area contributed by atoms with Crippen molar-refractivity contribution in [1.29, 1.82) is 0 Å². The number of aromatic nitrogens is 2. The molecule has 0 bridgehead atoms. The number of anilines is 1.